The van der Waals surface area contributed by atoms with Crippen molar-refractivity contribution >= 4 is 10.9 Å². The Kier molecular flexibility index (Phi) is 4.00. The highest BCUT2D eigenvalue weighted by atomic mass is 15.4. The number of likely N-dealkylation sites (tertiary alicyclic amines) is 1. The molecule has 114 valence electrons. The van der Waals surface area contributed by atoms with Crippen LogP contribution in [0.3, 0.4) is 0 Å². The number of aromatic nitrogens is 2. The second-order valence-electron chi connectivity index (χ2n) is 6.58. The molecule has 1 unspecified atom stereocenters. The zero-order valence-corrected chi connectivity index (χ0v) is 13.6. The zero-order valence-electron chi connectivity index (χ0n) is 13.6. The normalized spacial score (nSPS) is 19.5. The van der Waals surface area contributed by atoms with E-state index in [0.717, 1.165) is 0 Å². The van der Waals surface area contributed by atoms with Crippen molar-refractivity contribution in [1.29, 1.82) is 0 Å². The maximum atomic E-state index is 4.58. The van der Waals surface area contributed by atoms with E-state index >= 15 is 0 Å². The highest BCUT2D eigenvalue weighted by molar-refractivity contribution is 5.79. The Hall–Kier alpha value is -1.39. The van der Waals surface area contributed by atoms with Crippen molar-refractivity contribution in [2.24, 2.45) is 0 Å². The molecule has 1 saturated heterocycles. The molecule has 1 aromatic heterocycles. The number of benzene rings is 1. The van der Waals surface area contributed by atoms with Crippen molar-refractivity contribution in [1.82, 2.24) is 19.6 Å². The van der Waals surface area contributed by atoms with E-state index < -0.39 is 0 Å². The van der Waals surface area contributed by atoms with Gasteiger partial charge in [0.15, 0.2) is 0 Å². The topological polar surface area (TPSA) is 24.3 Å². The van der Waals surface area contributed by atoms with E-state index in [9.17, 15) is 0 Å². The Balaban J connectivity index is 1.93. The summed E-state index contributed by atoms with van der Waals surface area (Å²) >= 11 is 0. The zero-order chi connectivity index (χ0) is 15.0. The number of fused-ring (bicyclic) bond motifs is 1. The Morgan fingerprint density at radius 2 is 1.95 bits per heavy atom. The van der Waals surface area contributed by atoms with Crippen LogP contribution in [-0.2, 0) is 0 Å². The molecule has 0 N–H and O–H groups in total. The van der Waals surface area contributed by atoms with Gasteiger partial charge < -0.3 is 4.90 Å². The molecule has 4 nitrogen and oxygen atoms in total. The van der Waals surface area contributed by atoms with E-state index in [-0.39, 0.29) is 6.17 Å². The fourth-order valence-corrected chi connectivity index (χ4v) is 3.17. The van der Waals surface area contributed by atoms with Gasteiger partial charge in [-0.3, -0.25) is 4.90 Å². The summed E-state index contributed by atoms with van der Waals surface area (Å²) in [4.78, 5) is 4.61. The Morgan fingerprint density at radius 1 is 1.24 bits per heavy atom. The molecule has 1 aliphatic heterocycles. The lowest BCUT2D eigenvalue weighted by Gasteiger charge is -2.29. The smallest absolute Gasteiger partial charge is 0.101 e. The van der Waals surface area contributed by atoms with Crippen molar-refractivity contribution in [2.75, 3.05) is 34.2 Å². The highest BCUT2D eigenvalue weighted by Crippen LogP contribution is 2.30. The highest BCUT2D eigenvalue weighted by Gasteiger charge is 2.19. The van der Waals surface area contributed by atoms with Gasteiger partial charge in [-0.25, -0.2) is 4.68 Å². The van der Waals surface area contributed by atoms with Gasteiger partial charge in [0, 0.05) is 5.39 Å². The first-order chi connectivity index (χ1) is 10.1. The van der Waals surface area contributed by atoms with Crippen molar-refractivity contribution in [2.45, 2.75) is 31.8 Å². The molecular weight excluding hydrogens is 260 g/mol. The molecule has 2 heterocycles. The lowest BCUT2D eigenvalue weighted by atomic mass is 9.89. The van der Waals surface area contributed by atoms with Gasteiger partial charge in [0.2, 0.25) is 0 Å². The van der Waals surface area contributed by atoms with Crippen LogP contribution in [0.2, 0.25) is 0 Å². The monoisotopic (exact) mass is 286 g/mol. The van der Waals surface area contributed by atoms with Gasteiger partial charge >= 0.3 is 0 Å². The van der Waals surface area contributed by atoms with Crippen LogP contribution in [0.15, 0.2) is 24.4 Å². The van der Waals surface area contributed by atoms with Crippen LogP contribution >= 0.6 is 0 Å². The van der Waals surface area contributed by atoms with Gasteiger partial charge in [0.05, 0.1) is 11.7 Å². The minimum Gasteiger partial charge on any atom is -0.306 e. The summed E-state index contributed by atoms with van der Waals surface area (Å²) in [6.45, 7) is 4.60. The lowest BCUT2D eigenvalue weighted by molar-refractivity contribution is 0.226. The predicted octanol–water partition coefficient (Wildman–Crippen LogP) is 2.93. The Labute approximate surface area is 127 Å². The molecule has 1 fully saturated rings. The average Bonchev–Trinajstić information content (AvgIpc) is 2.90. The van der Waals surface area contributed by atoms with Crippen LogP contribution in [0.1, 0.15) is 37.4 Å². The van der Waals surface area contributed by atoms with Gasteiger partial charge in [-0.1, -0.05) is 12.1 Å². The number of hydrogen-bond donors (Lipinski definition) is 0. The first-order valence-electron chi connectivity index (χ1n) is 7.88. The molecule has 0 aliphatic carbocycles. The van der Waals surface area contributed by atoms with Gasteiger partial charge in [-0.05, 0) is 71.5 Å². The maximum absolute atomic E-state index is 4.58. The third kappa shape index (κ3) is 2.83. The molecule has 21 heavy (non-hydrogen) atoms. The minimum atomic E-state index is 0.273. The first-order valence-corrected chi connectivity index (χ1v) is 7.88. The van der Waals surface area contributed by atoms with E-state index in [2.05, 4.69) is 65.8 Å². The van der Waals surface area contributed by atoms with Crippen molar-refractivity contribution in [3.8, 4) is 0 Å². The molecule has 0 bridgehead atoms. The summed E-state index contributed by atoms with van der Waals surface area (Å²) in [7, 11) is 6.41. The number of piperidine rings is 1. The van der Waals surface area contributed by atoms with E-state index in [1.807, 2.05) is 6.20 Å². The van der Waals surface area contributed by atoms with Crippen molar-refractivity contribution in [3.63, 3.8) is 0 Å². The molecule has 0 radical (unpaired) electrons. The van der Waals surface area contributed by atoms with Crippen molar-refractivity contribution < 1.29 is 0 Å². The molecular formula is C17H26N4. The third-order valence-electron chi connectivity index (χ3n) is 4.91. The quantitative estimate of drug-likeness (QED) is 0.867. The van der Waals surface area contributed by atoms with Gasteiger partial charge in [0.25, 0.3) is 0 Å². The van der Waals surface area contributed by atoms with Crippen LogP contribution in [-0.4, -0.2) is 53.8 Å². The number of hydrogen-bond acceptors (Lipinski definition) is 3. The third-order valence-corrected chi connectivity index (χ3v) is 4.91. The summed E-state index contributed by atoms with van der Waals surface area (Å²) in [5.41, 5.74) is 2.73. The van der Waals surface area contributed by atoms with Crippen LogP contribution < -0.4 is 0 Å². The summed E-state index contributed by atoms with van der Waals surface area (Å²) in [6, 6.07) is 6.89. The fraction of sp³-hybridized carbons (Fsp3) is 0.588. The van der Waals surface area contributed by atoms with E-state index in [1.165, 1.54) is 42.4 Å². The standard InChI is InChI=1S/C17H26N4/c1-13(19(2)3)21-17-11-15(5-6-16(17)12-18-21)14-7-9-20(4)10-8-14/h5-6,11-14H,7-10H2,1-4H3. The molecule has 0 amide bonds. The second-order valence-corrected chi connectivity index (χ2v) is 6.58. The van der Waals surface area contributed by atoms with Gasteiger partial charge in [-0.2, -0.15) is 5.10 Å². The fourth-order valence-electron chi connectivity index (χ4n) is 3.17. The summed E-state index contributed by atoms with van der Waals surface area (Å²) in [5, 5.41) is 5.82. The number of nitrogens with zero attached hydrogens (tertiary/aromatic N) is 4. The number of rotatable bonds is 3. The van der Waals surface area contributed by atoms with Crippen LogP contribution in [0.25, 0.3) is 10.9 Å². The van der Waals surface area contributed by atoms with Crippen LogP contribution in [0.5, 0.6) is 0 Å². The van der Waals surface area contributed by atoms with Crippen LogP contribution in [0.4, 0.5) is 0 Å². The van der Waals surface area contributed by atoms with E-state index in [4.69, 9.17) is 0 Å². The van der Waals surface area contributed by atoms with Crippen LogP contribution in [0, 0.1) is 0 Å². The minimum absolute atomic E-state index is 0.273. The molecule has 3 rings (SSSR count). The molecule has 0 spiro atoms. The van der Waals surface area contributed by atoms with Gasteiger partial charge in [0.1, 0.15) is 6.17 Å². The van der Waals surface area contributed by atoms with Gasteiger partial charge in [-0.15, -0.1) is 0 Å². The second kappa shape index (κ2) is 5.78. The molecule has 1 aliphatic rings. The molecule has 1 atom stereocenters. The largest absolute Gasteiger partial charge is 0.306 e. The molecule has 1 aromatic carbocycles. The summed E-state index contributed by atoms with van der Waals surface area (Å²) in [6.07, 6.45) is 4.78. The summed E-state index contributed by atoms with van der Waals surface area (Å²) < 4.78 is 2.13. The SMILES string of the molecule is CC(N(C)C)n1ncc2ccc(C3CCN(C)CC3)cc21. The molecule has 2 aromatic rings. The average molecular weight is 286 g/mol. The molecule has 0 saturated carbocycles. The maximum Gasteiger partial charge on any atom is 0.101 e. The van der Waals surface area contributed by atoms with E-state index in [1.54, 1.807) is 0 Å². The Morgan fingerprint density at radius 3 is 2.62 bits per heavy atom. The Bertz CT molecular complexity index is 608. The van der Waals surface area contributed by atoms with E-state index in [0.29, 0.717) is 5.92 Å². The summed E-state index contributed by atoms with van der Waals surface area (Å²) in [5.74, 6) is 0.698. The predicted molar refractivity (Wildman–Crippen MR) is 87.6 cm³/mol. The first kappa shape index (κ1) is 14.5. The molecule has 4 heteroatoms. The lowest BCUT2D eigenvalue weighted by Crippen LogP contribution is -2.29. The van der Waals surface area contributed by atoms with Crippen molar-refractivity contribution in [3.05, 3.63) is 30.0 Å².